The zero-order chi connectivity index (χ0) is 14.7. The molecule has 0 N–H and O–H groups in total. The molecule has 2 aliphatic rings. The van der Waals surface area contributed by atoms with Gasteiger partial charge in [-0.2, -0.15) is 0 Å². The Morgan fingerprint density at radius 3 is 1.95 bits per heavy atom. The summed E-state index contributed by atoms with van der Waals surface area (Å²) in [4.78, 5) is 0. The van der Waals surface area contributed by atoms with E-state index in [1.54, 1.807) is 10.6 Å². The monoisotopic (exact) mass is 293 g/mol. The first-order valence-corrected chi connectivity index (χ1v) is 11.7. The highest BCUT2D eigenvalue weighted by atomic mass is 31.2. The van der Waals surface area contributed by atoms with Gasteiger partial charge in [-0.3, -0.25) is 0 Å². The Morgan fingerprint density at radius 1 is 0.947 bits per heavy atom. The summed E-state index contributed by atoms with van der Waals surface area (Å²) < 4.78 is 0. The van der Waals surface area contributed by atoms with Crippen LogP contribution in [0.4, 0.5) is 0 Å². The number of hydrogen-bond donors (Lipinski definition) is 0. The lowest BCUT2D eigenvalue weighted by molar-refractivity contribution is 0.784. The summed E-state index contributed by atoms with van der Waals surface area (Å²) in [6.45, 7) is 22.5. The lowest BCUT2D eigenvalue weighted by Gasteiger charge is -2.41. The Labute approximate surface area is 122 Å². The van der Waals surface area contributed by atoms with E-state index in [0.29, 0.717) is 10.3 Å². The van der Waals surface area contributed by atoms with E-state index < -0.39 is 14.3 Å². The SMILES string of the molecule is CC(C)(C)[P+]1(C)[B-][P+](C)(C(C)(C)C)C2=C1C=C[CH][CH+]2. The van der Waals surface area contributed by atoms with Gasteiger partial charge in [-0.15, -0.1) is 0 Å². The van der Waals surface area contributed by atoms with Crippen molar-refractivity contribution in [3.05, 3.63) is 35.6 Å². The van der Waals surface area contributed by atoms with Crippen LogP contribution in [0, 0.1) is 12.8 Å². The molecule has 2 rings (SSSR count). The zero-order valence-electron chi connectivity index (χ0n) is 13.8. The highest BCUT2D eigenvalue weighted by Gasteiger charge is 2.65. The summed E-state index contributed by atoms with van der Waals surface area (Å²) in [7, 11) is -2.37. The third-order valence-electron chi connectivity index (χ3n) is 5.13. The summed E-state index contributed by atoms with van der Waals surface area (Å²) in [5.41, 5.74) is 0. The van der Waals surface area contributed by atoms with Crippen LogP contribution in [0.3, 0.4) is 0 Å². The number of hydrogen-bond acceptors (Lipinski definition) is 0. The number of allylic oxidation sites excluding steroid dienone is 4. The largest absolute Gasteiger partial charge is 0.233 e. The van der Waals surface area contributed by atoms with E-state index in [-0.39, 0.29) is 0 Å². The quantitative estimate of drug-likeness (QED) is 0.309. The summed E-state index contributed by atoms with van der Waals surface area (Å²) in [5, 5.41) is 4.08. The van der Waals surface area contributed by atoms with Crippen molar-refractivity contribution in [1.29, 1.82) is 0 Å². The van der Waals surface area contributed by atoms with Crippen LogP contribution in [-0.2, 0) is 0 Å². The molecule has 1 heterocycles. The molecule has 2 atom stereocenters. The normalized spacial score (nSPS) is 35.4. The Kier molecular flexibility index (Phi) is 3.61. The Balaban J connectivity index is 2.63. The van der Waals surface area contributed by atoms with Gasteiger partial charge in [0.1, 0.15) is 0 Å². The van der Waals surface area contributed by atoms with Gasteiger partial charge < -0.3 is 0 Å². The van der Waals surface area contributed by atoms with E-state index in [4.69, 9.17) is 0 Å². The average Bonchev–Trinajstić information content (AvgIpc) is 2.50. The first-order valence-electron chi connectivity index (χ1n) is 7.13. The van der Waals surface area contributed by atoms with Crippen LogP contribution < -0.4 is 0 Å². The van der Waals surface area contributed by atoms with Crippen molar-refractivity contribution in [2.24, 2.45) is 0 Å². The summed E-state index contributed by atoms with van der Waals surface area (Å²) in [5.74, 6) is 0. The molecule has 0 saturated heterocycles. The van der Waals surface area contributed by atoms with Gasteiger partial charge in [0.05, 0.1) is 24.1 Å². The molecule has 19 heavy (non-hydrogen) atoms. The highest BCUT2D eigenvalue weighted by molar-refractivity contribution is 8.33. The maximum atomic E-state index is 2.84. The molecule has 0 aromatic carbocycles. The van der Waals surface area contributed by atoms with Gasteiger partial charge in [-0.25, -0.2) is 0 Å². The van der Waals surface area contributed by atoms with Crippen molar-refractivity contribution in [3.63, 3.8) is 0 Å². The van der Waals surface area contributed by atoms with E-state index in [1.165, 1.54) is 0 Å². The van der Waals surface area contributed by atoms with Gasteiger partial charge in [-0.1, -0.05) is 7.14 Å². The van der Waals surface area contributed by atoms with E-state index in [2.05, 4.69) is 86.6 Å². The van der Waals surface area contributed by atoms with Crippen molar-refractivity contribution >= 4 is 21.0 Å². The standard InChI is InChI=1S/C16H28BP2/c1-15(2,3)18(7)13-11-9-10-12-14(13)19(8,17-18)16(4,5)6/h9-12H,1-8H3/q+2. The van der Waals surface area contributed by atoms with E-state index in [1.807, 2.05) is 0 Å². The van der Waals surface area contributed by atoms with Crippen LogP contribution in [0.5, 0.6) is 0 Å². The number of rotatable bonds is 0. The lowest BCUT2D eigenvalue weighted by atomic mass is 10.2. The van der Waals surface area contributed by atoms with Crippen molar-refractivity contribution in [2.75, 3.05) is 13.3 Å². The molecule has 0 aromatic rings. The summed E-state index contributed by atoms with van der Waals surface area (Å²) >= 11 is 0. The topological polar surface area (TPSA) is 0 Å². The Bertz CT molecular complexity index is 450. The molecule has 1 aliphatic heterocycles. The van der Waals surface area contributed by atoms with Gasteiger partial charge >= 0.3 is 0 Å². The van der Waals surface area contributed by atoms with E-state index in [9.17, 15) is 0 Å². The predicted molar refractivity (Wildman–Crippen MR) is 95.7 cm³/mol. The fourth-order valence-electron chi connectivity index (χ4n) is 2.91. The minimum absolute atomic E-state index is 0.367. The molecule has 0 amide bonds. The predicted octanol–water partition coefficient (Wildman–Crippen LogP) is 5.62. The molecule has 0 fully saturated rings. The Hall–Kier alpha value is 0.275. The van der Waals surface area contributed by atoms with E-state index >= 15 is 0 Å². The fraction of sp³-hybridized carbons (Fsp3) is 0.625. The first kappa shape index (κ1) is 15.7. The lowest BCUT2D eigenvalue weighted by Crippen LogP contribution is -2.27. The van der Waals surface area contributed by atoms with Crippen LogP contribution >= 0.6 is 14.3 Å². The molecular weight excluding hydrogens is 265 g/mol. The average molecular weight is 293 g/mol. The third-order valence-corrected chi connectivity index (χ3v) is 17.4. The second kappa shape index (κ2) is 4.38. The van der Waals surface area contributed by atoms with Crippen LogP contribution in [0.2, 0.25) is 0 Å². The van der Waals surface area contributed by atoms with Gasteiger partial charge in [0, 0.05) is 18.5 Å². The van der Waals surface area contributed by atoms with Crippen LogP contribution in [-0.4, -0.2) is 30.4 Å². The zero-order valence-corrected chi connectivity index (χ0v) is 15.6. The second-order valence-electron chi connectivity index (χ2n) is 8.10. The van der Waals surface area contributed by atoms with Gasteiger partial charge in [0.25, 0.3) is 0 Å². The van der Waals surface area contributed by atoms with Crippen LogP contribution in [0.15, 0.2) is 22.8 Å². The molecule has 0 aromatic heterocycles. The molecule has 0 nitrogen and oxygen atoms in total. The minimum atomic E-state index is -1.19. The van der Waals surface area contributed by atoms with Gasteiger partial charge in [0.2, 0.25) is 17.3 Å². The second-order valence-corrected chi connectivity index (χ2v) is 17.0. The van der Waals surface area contributed by atoms with Crippen molar-refractivity contribution in [2.45, 2.75) is 51.9 Å². The van der Waals surface area contributed by atoms with Gasteiger partial charge in [0.15, 0.2) is 0 Å². The smallest absolute Gasteiger partial charge is 0.0774 e. The highest BCUT2D eigenvalue weighted by Crippen LogP contribution is 2.91. The Morgan fingerprint density at radius 2 is 1.47 bits per heavy atom. The summed E-state index contributed by atoms with van der Waals surface area (Å²) in [6, 6.07) is 0. The summed E-state index contributed by atoms with van der Waals surface area (Å²) in [6.07, 6.45) is 9.27. The van der Waals surface area contributed by atoms with Crippen molar-refractivity contribution in [3.8, 4) is 0 Å². The molecular formula is C16H28BP2+2. The maximum absolute atomic E-state index is 2.84. The molecule has 3 heteroatoms. The molecule has 0 bridgehead atoms. The van der Waals surface area contributed by atoms with Crippen molar-refractivity contribution < 1.29 is 0 Å². The molecule has 2 unspecified atom stereocenters. The molecule has 0 spiro atoms. The molecule has 0 saturated carbocycles. The third kappa shape index (κ3) is 2.17. The van der Waals surface area contributed by atoms with Crippen molar-refractivity contribution in [1.82, 2.24) is 0 Å². The maximum Gasteiger partial charge on any atom is 0.233 e. The minimum Gasteiger partial charge on any atom is -0.0774 e. The molecule has 3 radical (unpaired) electrons. The fourth-order valence-corrected chi connectivity index (χ4v) is 15.0. The van der Waals surface area contributed by atoms with Gasteiger partial charge in [-0.05, 0) is 54.8 Å². The molecule has 1 aliphatic carbocycles. The van der Waals surface area contributed by atoms with E-state index in [0.717, 1.165) is 0 Å². The molecule has 103 valence electrons. The first-order chi connectivity index (χ1) is 8.43. The van der Waals surface area contributed by atoms with Crippen LogP contribution in [0.1, 0.15) is 41.5 Å². The van der Waals surface area contributed by atoms with Crippen LogP contribution in [0.25, 0.3) is 0 Å².